The molecule has 2 aromatic carbocycles. The molecule has 0 saturated carbocycles. The summed E-state index contributed by atoms with van der Waals surface area (Å²) >= 11 is 0. The maximum absolute atomic E-state index is 13.7. The number of fused-ring (bicyclic) bond motifs is 1. The Morgan fingerprint density at radius 3 is 1.87 bits per heavy atom. The number of amides is 1. The molecule has 1 aliphatic carbocycles. The minimum atomic E-state index is -2.11. The number of unbranched alkanes of at least 4 members (excludes halogenated alkanes) is 3. The summed E-state index contributed by atoms with van der Waals surface area (Å²) in [5.41, 5.74) is 5.00. The number of nitrogens with two attached hydrogens (primary N) is 1. The van der Waals surface area contributed by atoms with Crippen molar-refractivity contribution in [2.75, 3.05) is 25.6 Å². The van der Waals surface area contributed by atoms with Crippen LogP contribution in [-0.4, -0.2) is 49.6 Å². The number of nitrogens with one attached hydrogen (secondary N) is 1. The van der Waals surface area contributed by atoms with Crippen LogP contribution in [0.5, 0.6) is 5.75 Å². The van der Waals surface area contributed by atoms with Gasteiger partial charge in [-0.15, -0.1) is 0 Å². The molecule has 0 radical (unpaired) electrons. The van der Waals surface area contributed by atoms with E-state index in [1.165, 1.54) is 25.1 Å². The highest BCUT2D eigenvalue weighted by Gasteiger charge is 2.57. The second-order valence-electron chi connectivity index (χ2n) is 11.0. The maximum atomic E-state index is 13.7. The average molecular weight is 627 g/mol. The van der Waals surface area contributed by atoms with Crippen LogP contribution in [-0.2, 0) is 24.5 Å². The molecule has 0 fully saturated rings. The van der Waals surface area contributed by atoms with Gasteiger partial charge in [-0.25, -0.2) is 9.59 Å². The molecule has 0 bridgehead atoms. The lowest BCUT2D eigenvalue weighted by molar-refractivity contribution is -0.120. The SMILES string of the molecule is CCCCOC(=O)OCCCC.CCCCOC(=O)Oc1cc(C(C)C)ccc1C1(NC(C)=O)C(=O)c2cccc(N)c2C1=O. The zero-order valence-corrected chi connectivity index (χ0v) is 27.2. The number of rotatable bonds is 13. The van der Waals surface area contributed by atoms with Crippen molar-refractivity contribution in [3.63, 3.8) is 0 Å². The molecule has 2 aromatic rings. The largest absolute Gasteiger partial charge is 0.513 e. The lowest BCUT2D eigenvalue weighted by Gasteiger charge is -2.29. The van der Waals surface area contributed by atoms with Crippen LogP contribution in [0, 0.1) is 0 Å². The molecule has 1 amide bonds. The van der Waals surface area contributed by atoms with Gasteiger partial charge in [0.1, 0.15) is 5.75 Å². The molecule has 3 N–H and O–H groups in total. The highest BCUT2D eigenvalue weighted by atomic mass is 16.7. The summed E-state index contributed by atoms with van der Waals surface area (Å²) in [6.45, 7) is 12.3. The Balaban J connectivity index is 0.000000498. The number of nitrogen functional groups attached to an aromatic ring is 1. The quantitative estimate of drug-likeness (QED) is 0.0790. The van der Waals surface area contributed by atoms with Gasteiger partial charge in [-0.05, 0) is 42.9 Å². The van der Waals surface area contributed by atoms with Crippen molar-refractivity contribution < 1.29 is 42.9 Å². The number of anilines is 1. The van der Waals surface area contributed by atoms with Crippen LogP contribution in [0.1, 0.15) is 118 Å². The van der Waals surface area contributed by atoms with Crippen LogP contribution < -0.4 is 15.8 Å². The summed E-state index contributed by atoms with van der Waals surface area (Å²) in [7, 11) is 0. The zero-order chi connectivity index (χ0) is 33.6. The number of ketones is 2. The molecule has 11 heteroatoms. The van der Waals surface area contributed by atoms with Crippen LogP contribution in [0.3, 0.4) is 0 Å². The van der Waals surface area contributed by atoms with E-state index in [0.717, 1.165) is 37.7 Å². The Hall–Kier alpha value is -4.41. The molecule has 1 atom stereocenters. The normalized spacial score (nSPS) is 15.1. The zero-order valence-electron chi connectivity index (χ0n) is 27.2. The van der Waals surface area contributed by atoms with Crippen molar-refractivity contribution in [2.45, 2.75) is 91.5 Å². The second kappa shape index (κ2) is 17.8. The molecule has 0 saturated heterocycles. The minimum Gasteiger partial charge on any atom is -0.434 e. The Morgan fingerprint density at radius 2 is 1.38 bits per heavy atom. The van der Waals surface area contributed by atoms with Gasteiger partial charge >= 0.3 is 12.3 Å². The minimum absolute atomic E-state index is 0.0284. The van der Waals surface area contributed by atoms with E-state index in [2.05, 4.69) is 5.32 Å². The van der Waals surface area contributed by atoms with Crippen LogP contribution in [0.4, 0.5) is 15.3 Å². The maximum Gasteiger partial charge on any atom is 0.513 e. The van der Waals surface area contributed by atoms with Gasteiger partial charge in [-0.3, -0.25) is 14.4 Å². The van der Waals surface area contributed by atoms with Crippen molar-refractivity contribution in [3.05, 3.63) is 58.7 Å². The summed E-state index contributed by atoms with van der Waals surface area (Å²) in [5.74, 6) is -1.90. The van der Waals surface area contributed by atoms with Crippen LogP contribution in [0.15, 0.2) is 36.4 Å². The first-order valence-corrected chi connectivity index (χ1v) is 15.5. The molecule has 0 aliphatic heterocycles. The first kappa shape index (κ1) is 36.8. The van der Waals surface area contributed by atoms with Crippen molar-refractivity contribution >= 4 is 35.5 Å². The summed E-state index contributed by atoms with van der Waals surface area (Å²) in [6, 6.07) is 9.39. The predicted molar refractivity (Wildman–Crippen MR) is 170 cm³/mol. The van der Waals surface area contributed by atoms with Gasteiger partial charge in [0.15, 0.2) is 5.54 Å². The van der Waals surface area contributed by atoms with E-state index in [0.29, 0.717) is 19.6 Å². The Morgan fingerprint density at radius 1 is 0.822 bits per heavy atom. The number of carbonyl (C=O) groups excluding carboxylic acids is 5. The van der Waals surface area contributed by atoms with Crippen LogP contribution >= 0.6 is 0 Å². The predicted octanol–water partition coefficient (Wildman–Crippen LogP) is 6.86. The Labute approximate surface area is 265 Å². The van der Waals surface area contributed by atoms with Crippen LogP contribution in [0.25, 0.3) is 0 Å². The van der Waals surface area contributed by atoms with E-state index in [-0.39, 0.29) is 40.7 Å². The summed E-state index contributed by atoms with van der Waals surface area (Å²) in [5, 5.41) is 2.53. The smallest absolute Gasteiger partial charge is 0.434 e. The van der Waals surface area contributed by atoms with E-state index >= 15 is 0 Å². The van der Waals surface area contributed by atoms with Gasteiger partial charge in [-0.1, -0.05) is 78.1 Å². The summed E-state index contributed by atoms with van der Waals surface area (Å²) in [4.78, 5) is 62.6. The third-order valence-corrected chi connectivity index (χ3v) is 7.04. The van der Waals surface area contributed by atoms with E-state index in [4.69, 9.17) is 24.7 Å². The van der Waals surface area contributed by atoms with Crippen molar-refractivity contribution in [3.8, 4) is 5.75 Å². The van der Waals surface area contributed by atoms with E-state index in [1.54, 1.807) is 18.2 Å². The summed E-state index contributed by atoms with van der Waals surface area (Å²) < 4.78 is 20.1. The number of ether oxygens (including phenoxy) is 4. The van der Waals surface area contributed by atoms with Gasteiger partial charge < -0.3 is 30.0 Å². The number of hydrogen-bond donors (Lipinski definition) is 2. The van der Waals surface area contributed by atoms with E-state index < -0.39 is 35.3 Å². The standard InChI is InChI=1S/C25H28N2O6.C9H18O3/c1-5-6-12-32-24(31)33-20-13-16(14(2)3)10-11-18(20)25(27-15(4)28)22(29)17-8-7-9-19(26)21(17)23(25)30;1-3-5-7-11-9(10)12-8-6-4-2/h7-11,13-14H,5-6,12,26H2,1-4H3,(H,27,28);3-8H2,1-2H3. The molecule has 246 valence electrons. The lowest BCUT2D eigenvalue weighted by Crippen LogP contribution is -2.53. The van der Waals surface area contributed by atoms with E-state index in [9.17, 15) is 24.0 Å². The van der Waals surface area contributed by atoms with Crippen molar-refractivity contribution in [1.29, 1.82) is 0 Å². The molecule has 1 unspecified atom stereocenters. The number of carbonyl (C=O) groups is 5. The fourth-order valence-electron chi connectivity index (χ4n) is 4.55. The van der Waals surface area contributed by atoms with E-state index in [1.807, 2.05) is 34.6 Å². The fourth-order valence-corrected chi connectivity index (χ4v) is 4.55. The Bertz CT molecular complexity index is 1340. The van der Waals surface area contributed by atoms with Gasteiger partial charge in [-0.2, -0.15) is 0 Å². The number of Topliss-reactive ketones (excluding diaryl/α,β-unsaturated/α-hetero) is 2. The monoisotopic (exact) mass is 626 g/mol. The third kappa shape index (κ3) is 9.54. The topological polar surface area (TPSA) is 160 Å². The van der Waals surface area contributed by atoms with Gasteiger partial charge in [0.2, 0.25) is 17.5 Å². The number of hydrogen-bond acceptors (Lipinski definition) is 10. The Kier molecular flexibility index (Phi) is 14.5. The molecule has 11 nitrogen and oxygen atoms in total. The lowest BCUT2D eigenvalue weighted by atomic mass is 9.82. The molecule has 0 spiro atoms. The van der Waals surface area contributed by atoms with Gasteiger partial charge in [0, 0.05) is 23.7 Å². The highest BCUT2D eigenvalue weighted by molar-refractivity contribution is 6.35. The third-order valence-electron chi connectivity index (χ3n) is 7.04. The molecular weight excluding hydrogens is 580 g/mol. The van der Waals surface area contributed by atoms with Gasteiger partial charge in [0.05, 0.1) is 25.4 Å². The first-order chi connectivity index (χ1) is 21.4. The first-order valence-electron chi connectivity index (χ1n) is 15.5. The molecule has 3 rings (SSSR count). The fraction of sp³-hybridized carbons (Fsp3) is 0.500. The molecule has 1 aliphatic rings. The highest BCUT2D eigenvalue weighted by Crippen LogP contribution is 2.44. The molecule has 0 heterocycles. The molecular formula is C34H46N2O9. The second-order valence-corrected chi connectivity index (χ2v) is 11.0. The van der Waals surface area contributed by atoms with Crippen molar-refractivity contribution in [1.82, 2.24) is 5.32 Å². The summed E-state index contributed by atoms with van der Waals surface area (Å²) in [6.07, 6.45) is 3.87. The molecule has 0 aromatic heterocycles. The average Bonchev–Trinajstić information content (AvgIpc) is 3.20. The van der Waals surface area contributed by atoms with Gasteiger partial charge in [0.25, 0.3) is 0 Å². The van der Waals surface area contributed by atoms with Crippen molar-refractivity contribution in [2.24, 2.45) is 0 Å². The van der Waals surface area contributed by atoms with Crippen LogP contribution in [0.2, 0.25) is 0 Å². The number of benzene rings is 2. The molecule has 45 heavy (non-hydrogen) atoms.